The lowest BCUT2D eigenvalue weighted by Crippen LogP contribution is -2.20. The van der Waals surface area contributed by atoms with Crippen molar-refractivity contribution in [3.63, 3.8) is 0 Å². The van der Waals surface area contributed by atoms with Crippen molar-refractivity contribution in [1.82, 2.24) is 4.90 Å². The summed E-state index contributed by atoms with van der Waals surface area (Å²) < 4.78 is 5.96. The maximum atomic E-state index is 12.4. The van der Waals surface area contributed by atoms with Gasteiger partial charge in [-0.25, -0.2) is 0 Å². The third-order valence-corrected chi connectivity index (χ3v) is 9.72. The molecule has 0 aromatic heterocycles. The van der Waals surface area contributed by atoms with Crippen LogP contribution in [0.15, 0.2) is 0 Å². The largest absolute Gasteiger partial charge is 0.481 e. The van der Waals surface area contributed by atoms with Crippen LogP contribution in [0.4, 0.5) is 0 Å². The number of carboxylic acids is 1. The van der Waals surface area contributed by atoms with Crippen LogP contribution in [-0.4, -0.2) is 48.7 Å². The quantitative estimate of drug-likeness (QED) is 0.0608. The van der Waals surface area contributed by atoms with Crippen LogP contribution in [0.2, 0.25) is 0 Å². The second-order valence-electron chi connectivity index (χ2n) is 14.3. The highest BCUT2D eigenvalue weighted by atomic mass is 16.5. The van der Waals surface area contributed by atoms with Crippen LogP contribution >= 0.6 is 0 Å². The molecule has 0 amide bonds. The summed E-state index contributed by atoms with van der Waals surface area (Å²) in [5.41, 5.74) is 0. The summed E-state index contributed by atoms with van der Waals surface area (Å²) >= 11 is 0. The highest BCUT2D eigenvalue weighted by Crippen LogP contribution is 2.45. The van der Waals surface area contributed by atoms with Crippen molar-refractivity contribution in [2.45, 2.75) is 193 Å². The monoisotopic (exact) mass is 608 g/mol. The van der Waals surface area contributed by atoms with Gasteiger partial charge in [-0.15, -0.1) is 0 Å². The Labute approximate surface area is 267 Å². The number of rotatable bonds is 32. The predicted molar refractivity (Wildman–Crippen MR) is 183 cm³/mol. The Hall–Kier alpha value is -1.10. The molecule has 1 aliphatic rings. The van der Waals surface area contributed by atoms with Gasteiger partial charge >= 0.3 is 11.9 Å². The Balaban J connectivity index is 2.01. The first-order valence-corrected chi connectivity index (χ1v) is 18.9. The van der Waals surface area contributed by atoms with Gasteiger partial charge in [-0.2, -0.15) is 0 Å². The minimum absolute atomic E-state index is 0.00645. The van der Waals surface area contributed by atoms with Crippen molar-refractivity contribution in [1.29, 1.82) is 0 Å². The number of unbranched alkanes of at least 4 members (excludes halogenated alkanes) is 16. The molecule has 43 heavy (non-hydrogen) atoms. The standard InChI is InChI=1S/C38H73NO4/c1-5-6-7-8-11-15-22-28-36(43-37(40)30-24-31-39(3)4)29-23-16-13-10-9-12-14-20-26-34-32-35(34)27-21-18-17-19-25-33(2)38(41)42/h33-36H,5-32H2,1-4H3,(H,41,42). The lowest BCUT2D eigenvalue weighted by atomic mass is 10.0. The fraction of sp³-hybridized carbons (Fsp3) is 0.947. The average Bonchev–Trinajstić information content (AvgIpc) is 3.72. The van der Waals surface area contributed by atoms with Gasteiger partial charge in [0.15, 0.2) is 0 Å². The third-order valence-electron chi connectivity index (χ3n) is 9.72. The molecule has 1 rings (SSSR count). The molecular formula is C38H73NO4. The van der Waals surface area contributed by atoms with Crippen molar-refractivity contribution in [2.75, 3.05) is 20.6 Å². The first-order chi connectivity index (χ1) is 20.8. The van der Waals surface area contributed by atoms with Gasteiger partial charge in [0.2, 0.25) is 0 Å². The average molecular weight is 608 g/mol. The lowest BCUT2D eigenvalue weighted by Gasteiger charge is -2.18. The first kappa shape index (κ1) is 39.9. The summed E-state index contributed by atoms with van der Waals surface area (Å²) in [6, 6.07) is 0. The second-order valence-corrected chi connectivity index (χ2v) is 14.3. The van der Waals surface area contributed by atoms with Crippen LogP contribution in [0.5, 0.6) is 0 Å². The van der Waals surface area contributed by atoms with Crippen molar-refractivity contribution in [3.05, 3.63) is 0 Å². The van der Waals surface area contributed by atoms with Crippen molar-refractivity contribution in [3.8, 4) is 0 Å². The molecule has 0 radical (unpaired) electrons. The summed E-state index contributed by atoms with van der Waals surface area (Å²) in [5.74, 6) is 1.16. The first-order valence-electron chi connectivity index (χ1n) is 18.9. The minimum Gasteiger partial charge on any atom is -0.481 e. The molecule has 1 aliphatic carbocycles. The molecule has 5 heteroatoms. The van der Waals surface area contributed by atoms with E-state index >= 15 is 0 Å². The summed E-state index contributed by atoms with van der Waals surface area (Å²) in [4.78, 5) is 25.4. The lowest BCUT2D eigenvalue weighted by molar-refractivity contribution is -0.150. The van der Waals surface area contributed by atoms with Gasteiger partial charge in [0.25, 0.3) is 0 Å². The molecule has 1 saturated carbocycles. The Morgan fingerprint density at radius 1 is 0.674 bits per heavy atom. The van der Waals surface area contributed by atoms with E-state index in [-0.39, 0.29) is 18.0 Å². The SMILES string of the molecule is CCCCCCCCCC(CCCCCCCCCCC1CC1CCCCCCC(C)C(=O)O)OC(=O)CCCN(C)C. The topological polar surface area (TPSA) is 66.8 Å². The van der Waals surface area contributed by atoms with Crippen molar-refractivity contribution < 1.29 is 19.4 Å². The highest BCUT2D eigenvalue weighted by Gasteiger charge is 2.35. The molecule has 0 aromatic carbocycles. The summed E-state index contributed by atoms with van der Waals surface area (Å²) in [5, 5.41) is 8.96. The molecule has 0 spiro atoms. The van der Waals surface area contributed by atoms with E-state index in [1.54, 1.807) is 0 Å². The van der Waals surface area contributed by atoms with Gasteiger partial charge < -0.3 is 14.7 Å². The van der Waals surface area contributed by atoms with Crippen LogP contribution in [0.3, 0.4) is 0 Å². The molecule has 1 N–H and O–H groups in total. The number of carbonyl (C=O) groups is 2. The summed E-state index contributed by atoms with van der Waals surface area (Å²) in [6.45, 7) is 5.03. The fourth-order valence-corrected chi connectivity index (χ4v) is 6.57. The smallest absolute Gasteiger partial charge is 0.306 e. The zero-order valence-electron chi connectivity index (χ0n) is 29.2. The second kappa shape index (κ2) is 27.2. The van der Waals surface area contributed by atoms with Crippen molar-refractivity contribution >= 4 is 11.9 Å². The van der Waals surface area contributed by atoms with E-state index in [9.17, 15) is 9.59 Å². The van der Waals surface area contributed by atoms with Crippen LogP contribution in [-0.2, 0) is 14.3 Å². The van der Waals surface area contributed by atoms with Crippen LogP contribution in [0, 0.1) is 17.8 Å². The highest BCUT2D eigenvalue weighted by molar-refractivity contribution is 5.69. The van der Waals surface area contributed by atoms with Gasteiger partial charge in [-0.3, -0.25) is 9.59 Å². The van der Waals surface area contributed by atoms with Gasteiger partial charge in [-0.1, -0.05) is 136 Å². The number of esters is 1. The number of hydrogen-bond donors (Lipinski definition) is 1. The molecule has 4 atom stereocenters. The zero-order chi connectivity index (χ0) is 31.5. The number of nitrogens with zero attached hydrogens (tertiary/aromatic N) is 1. The van der Waals surface area contributed by atoms with E-state index in [0.717, 1.165) is 50.5 Å². The summed E-state index contributed by atoms with van der Waals surface area (Å²) in [7, 11) is 4.11. The Morgan fingerprint density at radius 2 is 1.12 bits per heavy atom. The van der Waals surface area contributed by atoms with E-state index in [2.05, 4.69) is 25.9 Å². The molecule has 0 aromatic rings. The van der Waals surface area contributed by atoms with Gasteiger partial charge in [0.05, 0.1) is 5.92 Å². The van der Waals surface area contributed by atoms with E-state index in [0.29, 0.717) is 6.42 Å². The Bertz CT molecular complexity index is 666. The Kier molecular flexibility index (Phi) is 25.3. The van der Waals surface area contributed by atoms with E-state index in [1.165, 1.54) is 135 Å². The van der Waals surface area contributed by atoms with E-state index < -0.39 is 5.97 Å². The number of ether oxygens (including phenoxy) is 1. The maximum Gasteiger partial charge on any atom is 0.306 e. The Morgan fingerprint density at radius 3 is 1.58 bits per heavy atom. The molecule has 0 saturated heterocycles. The zero-order valence-corrected chi connectivity index (χ0v) is 29.2. The van der Waals surface area contributed by atoms with Crippen LogP contribution < -0.4 is 0 Å². The number of aliphatic carboxylic acids is 1. The molecule has 0 bridgehead atoms. The number of carbonyl (C=O) groups excluding carboxylic acids is 1. The third kappa shape index (κ3) is 24.9. The van der Waals surface area contributed by atoms with E-state index in [4.69, 9.17) is 9.84 Å². The fourth-order valence-electron chi connectivity index (χ4n) is 6.57. The number of hydrogen-bond acceptors (Lipinski definition) is 4. The number of carboxylic acid groups (broad SMARTS) is 1. The normalized spacial score (nSPS) is 17.7. The molecule has 254 valence electrons. The van der Waals surface area contributed by atoms with Gasteiger partial charge in [0, 0.05) is 6.42 Å². The predicted octanol–water partition coefficient (Wildman–Crippen LogP) is 11.0. The molecule has 0 heterocycles. The molecule has 0 aliphatic heterocycles. The van der Waals surface area contributed by atoms with Crippen LogP contribution in [0.25, 0.3) is 0 Å². The van der Waals surface area contributed by atoms with Crippen molar-refractivity contribution in [2.24, 2.45) is 17.8 Å². The summed E-state index contributed by atoms with van der Waals surface area (Å²) in [6.07, 6.45) is 33.5. The molecular weight excluding hydrogens is 534 g/mol. The minimum atomic E-state index is -0.652. The van der Waals surface area contributed by atoms with Crippen LogP contribution in [0.1, 0.15) is 187 Å². The maximum absolute atomic E-state index is 12.4. The van der Waals surface area contributed by atoms with Gasteiger partial charge in [-0.05, 0) is 77.4 Å². The molecule has 4 unspecified atom stereocenters. The molecule has 5 nitrogen and oxygen atoms in total. The van der Waals surface area contributed by atoms with E-state index in [1.807, 2.05) is 6.92 Å². The van der Waals surface area contributed by atoms with Gasteiger partial charge in [0.1, 0.15) is 6.10 Å². The molecule has 1 fully saturated rings.